The Bertz CT molecular complexity index is 394. The number of anilines is 1. The van der Waals surface area contributed by atoms with E-state index in [4.69, 9.17) is 5.73 Å². The van der Waals surface area contributed by atoms with Crippen LogP contribution in [0.15, 0.2) is 18.2 Å². The van der Waals surface area contributed by atoms with Crippen LogP contribution in [0.25, 0.3) is 10.9 Å². The number of halogens is 1. The first-order valence-electron chi connectivity index (χ1n) is 3.48. The van der Waals surface area contributed by atoms with Gasteiger partial charge in [-0.15, -0.1) is 12.4 Å². The molecule has 0 atom stereocenters. The fraction of sp³-hybridized carbons (Fsp3) is 0.125. The van der Waals surface area contributed by atoms with Gasteiger partial charge in [-0.2, -0.15) is 5.10 Å². The highest BCUT2D eigenvalue weighted by molar-refractivity contribution is 5.92. The second kappa shape index (κ2) is 3.03. The predicted octanol–water partition coefficient (Wildman–Crippen LogP) is 1.88. The Kier molecular flexibility index (Phi) is 2.24. The summed E-state index contributed by atoms with van der Waals surface area (Å²) >= 11 is 0. The third-order valence-corrected chi connectivity index (χ3v) is 1.79. The minimum Gasteiger partial charge on any atom is -0.398 e. The summed E-state index contributed by atoms with van der Waals surface area (Å²) in [7, 11) is 0. The molecule has 12 heavy (non-hydrogen) atoms. The van der Waals surface area contributed by atoms with Gasteiger partial charge >= 0.3 is 0 Å². The summed E-state index contributed by atoms with van der Waals surface area (Å²) in [6.07, 6.45) is 0. The van der Waals surface area contributed by atoms with Gasteiger partial charge in [0.2, 0.25) is 0 Å². The van der Waals surface area contributed by atoms with Crippen molar-refractivity contribution in [1.82, 2.24) is 10.2 Å². The third-order valence-electron chi connectivity index (χ3n) is 1.79. The number of H-pyrrole nitrogens is 1. The molecule has 3 N–H and O–H groups in total. The van der Waals surface area contributed by atoms with Gasteiger partial charge in [-0.25, -0.2) is 0 Å². The summed E-state index contributed by atoms with van der Waals surface area (Å²) in [4.78, 5) is 0. The van der Waals surface area contributed by atoms with Crippen molar-refractivity contribution in [2.45, 2.75) is 6.92 Å². The molecule has 4 heteroatoms. The lowest BCUT2D eigenvalue weighted by atomic mass is 10.2. The van der Waals surface area contributed by atoms with E-state index in [1.807, 2.05) is 25.1 Å². The standard InChI is InChI=1S/C8H9N3.ClH/c1-5-8-6(9)3-2-4-7(8)11-10-5;/h2-4H,9H2,1H3,(H,10,11);1H. The van der Waals surface area contributed by atoms with Crippen molar-refractivity contribution >= 4 is 29.0 Å². The van der Waals surface area contributed by atoms with Gasteiger partial charge in [0.25, 0.3) is 0 Å². The Morgan fingerprint density at radius 2 is 2.17 bits per heavy atom. The number of rotatable bonds is 0. The number of nitrogens with two attached hydrogens (primary N) is 1. The van der Waals surface area contributed by atoms with Crippen molar-refractivity contribution in [3.05, 3.63) is 23.9 Å². The highest BCUT2D eigenvalue weighted by atomic mass is 35.5. The molecule has 0 fully saturated rings. The van der Waals surface area contributed by atoms with Gasteiger partial charge in [0, 0.05) is 16.8 Å². The highest BCUT2D eigenvalue weighted by Gasteiger charge is 2.02. The highest BCUT2D eigenvalue weighted by Crippen LogP contribution is 2.21. The van der Waals surface area contributed by atoms with E-state index >= 15 is 0 Å². The monoisotopic (exact) mass is 183 g/mol. The van der Waals surface area contributed by atoms with Crippen LogP contribution < -0.4 is 5.73 Å². The summed E-state index contributed by atoms with van der Waals surface area (Å²) in [5.74, 6) is 0. The first kappa shape index (κ1) is 8.87. The Balaban J connectivity index is 0.000000720. The molecule has 2 aromatic rings. The van der Waals surface area contributed by atoms with Crippen LogP contribution in [0.5, 0.6) is 0 Å². The van der Waals surface area contributed by atoms with Crippen LogP contribution in [-0.4, -0.2) is 10.2 Å². The first-order chi connectivity index (χ1) is 5.29. The molecule has 2 rings (SSSR count). The number of aryl methyl sites for hydroxylation is 1. The molecule has 0 unspecified atom stereocenters. The lowest BCUT2D eigenvalue weighted by Gasteiger charge is -1.93. The van der Waals surface area contributed by atoms with Crippen molar-refractivity contribution in [1.29, 1.82) is 0 Å². The predicted molar refractivity (Wildman–Crippen MR) is 52.5 cm³/mol. The number of aromatic nitrogens is 2. The second-order valence-electron chi connectivity index (χ2n) is 2.59. The maximum atomic E-state index is 5.74. The Labute approximate surface area is 76.4 Å². The maximum Gasteiger partial charge on any atom is 0.0944 e. The van der Waals surface area contributed by atoms with Crippen LogP contribution in [0, 0.1) is 6.92 Å². The van der Waals surface area contributed by atoms with Crippen molar-refractivity contribution < 1.29 is 0 Å². The van der Waals surface area contributed by atoms with Crippen molar-refractivity contribution in [2.24, 2.45) is 0 Å². The Hall–Kier alpha value is -1.22. The quantitative estimate of drug-likeness (QED) is 0.613. The first-order valence-corrected chi connectivity index (χ1v) is 3.48. The molecule has 0 saturated heterocycles. The van der Waals surface area contributed by atoms with E-state index in [9.17, 15) is 0 Å². The summed E-state index contributed by atoms with van der Waals surface area (Å²) in [6, 6.07) is 5.72. The van der Waals surface area contributed by atoms with E-state index < -0.39 is 0 Å². The zero-order valence-corrected chi connectivity index (χ0v) is 7.48. The average molecular weight is 184 g/mol. The average Bonchev–Trinajstić information content (AvgIpc) is 2.34. The van der Waals surface area contributed by atoms with Crippen LogP contribution >= 0.6 is 12.4 Å². The van der Waals surface area contributed by atoms with E-state index in [2.05, 4.69) is 10.2 Å². The summed E-state index contributed by atoms with van der Waals surface area (Å²) in [5.41, 5.74) is 8.49. The van der Waals surface area contributed by atoms with Gasteiger partial charge in [0.1, 0.15) is 0 Å². The molecular formula is C8H10ClN3. The number of nitrogen functional groups attached to an aromatic ring is 1. The van der Waals surface area contributed by atoms with E-state index in [0.29, 0.717) is 0 Å². The molecule has 64 valence electrons. The van der Waals surface area contributed by atoms with Gasteiger partial charge in [-0.3, -0.25) is 5.10 Å². The SMILES string of the molecule is Cc1[nH]nc2cccc(N)c12.Cl. The van der Waals surface area contributed by atoms with Crippen LogP contribution in [0.3, 0.4) is 0 Å². The number of nitrogens with zero attached hydrogens (tertiary/aromatic N) is 1. The lowest BCUT2D eigenvalue weighted by molar-refractivity contribution is 1.07. The van der Waals surface area contributed by atoms with E-state index in [1.165, 1.54) is 0 Å². The zero-order chi connectivity index (χ0) is 7.84. The summed E-state index contributed by atoms with van der Waals surface area (Å²) in [6.45, 7) is 1.96. The maximum absolute atomic E-state index is 5.74. The van der Waals surface area contributed by atoms with E-state index in [0.717, 1.165) is 22.3 Å². The third kappa shape index (κ3) is 1.12. The lowest BCUT2D eigenvalue weighted by Crippen LogP contribution is -1.85. The molecule has 0 bridgehead atoms. The smallest absolute Gasteiger partial charge is 0.0944 e. The molecule has 0 spiro atoms. The van der Waals surface area contributed by atoms with Crippen molar-refractivity contribution in [2.75, 3.05) is 5.73 Å². The molecule has 0 amide bonds. The van der Waals surface area contributed by atoms with E-state index in [-0.39, 0.29) is 12.4 Å². The molecular weight excluding hydrogens is 174 g/mol. The molecule has 0 aliphatic heterocycles. The van der Waals surface area contributed by atoms with Crippen molar-refractivity contribution in [3.63, 3.8) is 0 Å². The molecule has 0 saturated carbocycles. The van der Waals surface area contributed by atoms with Gasteiger partial charge in [0.15, 0.2) is 0 Å². The number of hydrogen-bond donors (Lipinski definition) is 2. The molecule has 1 aromatic carbocycles. The normalized spacial score (nSPS) is 9.75. The number of aromatic amines is 1. The van der Waals surface area contributed by atoms with Crippen LogP contribution in [0.4, 0.5) is 5.69 Å². The minimum absolute atomic E-state index is 0. The van der Waals surface area contributed by atoms with Crippen LogP contribution in [0.2, 0.25) is 0 Å². The molecule has 3 nitrogen and oxygen atoms in total. The molecule has 0 aliphatic carbocycles. The number of nitrogens with one attached hydrogen (secondary N) is 1. The van der Waals surface area contributed by atoms with E-state index in [1.54, 1.807) is 0 Å². The van der Waals surface area contributed by atoms with Crippen LogP contribution in [0.1, 0.15) is 5.69 Å². The topological polar surface area (TPSA) is 54.7 Å². The second-order valence-corrected chi connectivity index (χ2v) is 2.59. The zero-order valence-electron chi connectivity index (χ0n) is 6.66. The van der Waals surface area contributed by atoms with Gasteiger partial charge in [-0.05, 0) is 19.1 Å². The molecule has 1 heterocycles. The number of benzene rings is 1. The minimum atomic E-state index is 0. The summed E-state index contributed by atoms with van der Waals surface area (Å²) < 4.78 is 0. The largest absolute Gasteiger partial charge is 0.398 e. The fourth-order valence-electron chi connectivity index (χ4n) is 1.26. The fourth-order valence-corrected chi connectivity index (χ4v) is 1.26. The van der Waals surface area contributed by atoms with Gasteiger partial charge < -0.3 is 5.73 Å². The Morgan fingerprint density at radius 1 is 1.42 bits per heavy atom. The Morgan fingerprint density at radius 3 is 2.83 bits per heavy atom. The molecule has 0 radical (unpaired) electrons. The van der Waals surface area contributed by atoms with Crippen LogP contribution in [-0.2, 0) is 0 Å². The number of hydrogen-bond acceptors (Lipinski definition) is 2. The number of fused-ring (bicyclic) bond motifs is 1. The van der Waals surface area contributed by atoms with Gasteiger partial charge in [0.05, 0.1) is 5.52 Å². The summed E-state index contributed by atoms with van der Waals surface area (Å²) in [5, 5.41) is 8.00. The van der Waals surface area contributed by atoms with Crippen molar-refractivity contribution in [3.8, 4) is 0 Å². The molecule has 1 aromatic heterocycles. The van der Waals surface area contributed by atoms with Gasteiger partial charge in [-0.1, -0.05) is 6.07 Å². The molecule has 0 aliphatic rings.